The number of rotatable bonds is 5. The molecule has 18 heavy (non-hydrogen) atoms. The molecule has 0 saturated heterocycles. The lowest BCUT2D eigenvalue weighted by Crippen LogP contribution is -2.49. The molecule has 0 radical (unpaired) electrons. The molecule has 4 unspecified atom stereocenters. The summed E-state index contributed by atoms with van der Waals surface area (Å²) in [5.41, 5.74) is 0. The first kappa shape index (κ1) is 14.8. The second-order valence-electron chi connectivity index (χ2n) is 5.13. The summed E-state index contributed by atoms with van der Waals surface area (Å²) >= 11 is 0. The van der Waals surface area contributed by atoms with E-state index in [-0.39, 0.29) is 12.1 Å². The van der Waals surface area contributed by atoms with E-state index in [2.05, 4.69) is 24.5 Å². The van der Waals surface area contributed by atoms with Crippen LogP contribution in [0, 0.1) is 11.8 Å². The van der Waals surface area contributed by atoms with Crippen LogP contribution in [0.4, 0.5) is 4.79 Å². The first-order valence-corrected chi connectivity index (χ1v) is 6.79. The van der Waals surface area contributed by atoms with Gasteiger partial charge in [-0.05, 0) is 31.1 Å². The van der Waals surface area contributed by atoms with E-state index in [1.54, 1.807) is 6.92 Å². The molecule has 104 valence electrons. The van der Waals surface area contributed by atoms with Crippen LogP contribution in [0.1, 0.15) is 46.5 Å². The van der Waals surface area contributed by atoms with Crippen LogP contribution in [0.25, 0.3) is 0 Å². The second-order valence-corrected chi connectivity index (χ2v) is 5.13. The summed E-state index contributed by atoms with van der Waals surface area (Å²) in [4.78, 5) is 22.6. The zero-order chi connectivity index (χ0) is 13.7. The SMILES string of the molecule is CCC(NC(=O)NC1CCC(CC)C1C)C(=O)O. The molecule has 0 aromatic heterocycles. The fourth-order valence-electron chi connectivity index (χ4n) is 2.73. The number of nitrogens with one attached hydrogen (secondary N) is 2. The van der Waals surface area contributed by atoms with Crippen molar-refractivity contribution in [3.8, 4) is 0 Å². The summed E-state index contributed by atoms with van der Waals surface area (Å²) in [7, 11) is 0. The maximum Gasteiger partial charge on any atom is 0.326 e. The molecule has 4 atom stereocenters. The fraction of sp³-hybridized carbons (Fsp3) is 0.846. The highest BCUT2D eigenvalue weighted by atomic mass is 16.4. The van der Waals surface area contributed by atoms with Crippen LogP contribution >= 0.6 is 0 Å². The van der Waals surface area contributed by atoms with Crippen LogP contribution in [-0.4, -0.2) is 29.2 Å². The van der Waals surface area contributed by atoms with E-state index in [0.717, 1.165) is 19.3 Å². The van der Waals surface area contributed by atoms with Gasteiger partial charge in [0.05, 0.1) is 0 Å². The van der Waals surface area contributed by atoms with Crippen molar-refractivity contribution >= 4 is 12.0 Å². The van der Waals surface area contributed by atoms with Crippen molar-refractivity contribution in [1.82, 2.24) is 10.6 Å². The zero-order valence-electron chi connectivity index (χ0n) is 11.4. The van der Waals surface area contributed by atoms with E-state index in [1.165, 1.54) is 0 Å². The standard InChI is InChI=1S/C13H24N2O3/c1-4-9-6-7-11(8(9)3)15-13(18)14-10(5-2)12(16)17/h8-11H,4-7H2,1-3H3,(H,16,17)(H2,14,15,18). The van der Waals surface area contributed by atoms with Gasteiger partial charge in [-0.2, -0.15) is 0 Å². The van der Waals surface area contributed by atoms with Crippen LogP contribution in [0.3, 0.4) is 0 Å². The van der Waals surface area contributed by atoms with Gasteiger partial charge in [0.25, 0.3) is 0 Å². The quantitative estimate of drug-likeness (QED) is 0.703. The third kappa shape index (κ3) is 3.62. The summed E-state index contributed by atoms with van der Waals surface area (Å²) in [6.07, 6.45) is 3.64. The highest BCUT2D eigenvalue weighted by Crippen LogP contribution is 2.33. The summed E-state index contributed by atoms with van der Waals surface area (Å²) in [5.74, 6) is 0.140. The molecule has 0 spiro atoms. The first-order chi connectivity index (χ1) is 8.49. The summed E-state index contributed by atoms with van der Waals surface area (Å²) < 4.78 is 0. The monoisotopic (exact) mass is 256 g/mol. The van der Waals surface area contributed by atoms with Crippen molar-refractivity contribution in [1.29, 1.82) is 0 Å². The van der Waals surface area contributed by atoms with Gasteiger partial charge in [-0.15, -0.1) is 0 Å². The predicted octanol–water partition coefficient (Wildman–Crippen LogP) is 1.97. The van der Waals surface area contributed by atoms with E-state index in [4.69, 9.17) is 5.11 Å². The molecule has 1 fully saturated rings. The predicted molar refractivity (Wildman–Crippen MR) is 69.3 cm³/mol. The minimum absolute atomic E-state index is 0.168. The van der Waals surface area contributed by atoms with Gasteiger partial charge >= 0.3 is 12.0 Å². The Morgan fingerprint density at radius 3 is 2.44 bits per heavy atom. The molecule has 5 heteroatoms. The topological polar surface area (TPSA) is 78.4 Å². The van der Waals surface area contributed by atoms with Crippen molar-refractivity contribution in [2.24, 2.45) is 11.8 Å². The van der Waals surface area contributed by atoms with Crippen molar-refractivity contribution in [3.63, 3.8) is 0 Å². The van der Waals surface area contributed by atoms with Crippen LogP contribution < -0.4 is 10.6 Å². The van der Waals surface area contributed by atoms with Gasteiger partial charge in [0, 0.05) is 6.04 Å². The number of aliphatic carboxylic acids is 1. The number of carbonyl (C=O) groups is 2. The van der Waals surface area contributed by atoms with Crippen LogP contribution in [0.5, 0.6) is 0 Å². The Morgan fingerprint density at radius 2 is 2.00 bits per heavy atom. The molecule has 0 bridgehead atoms. The Morgan fingerprint density at radius 1 is 1.33 bits per heavy atom. The molecule has 1 rings (SSSR count). The molecule has 0 aromatic rings. The molecular formula is C13H24N2O3. The fourth-order valence-corrected chi connectivity index (χ4v) is 2.73. The number of carboxylic acids is 1. The number of carboxylic acid groups (broad SMARTS) is 1. The van der Waals surface area contributed by atoms with Crippen LogP contribution in [0.2, 0.25) is 0 Å². The Hall–Kier alpha value is -1.26. The molecule has 5 nitrogen and oxygen atoms in total. The van der Waals surface area contributed by atoms with Crippen LogP contribution in [-0.2, 0) is 4.79 Å². The third-order valence-electron chi connectivity index (χ3n) is 4.08. The Bertz CT molecular complexity index is 307. The number of hydrogen-bond donors (Lipinski definition) is 3. The molecule has 0 heterocycles. The van der Waals surface area contributed by atoms with Gasteiger partial charge in [0.2, 0.25) is 0 Å². The molecule has 1 saturated carbocycles. The normalized spacial score (nSPS) is 28.7. The van der Waals surface area contributed by atoms with Crippen molar-refractivity contribution in [2.75, 3.05) is 0 Å². The zero-order valence-corrected chi connectivity index (χ0v) is 11.4. The van der Waals surface area contributed by atoms with E-state index < -0.39 is 12.0 Å². The Kier molecular flexibility index (Phi) is 5.44. The van der Waals surface area contributed by atoms with Crippen LogP contribution in [0.15, 0.2) is 0 Å². The first-order valence-electron chi connectivity index (χ1n) is 6.79. The summed E-state index contributed by atoms with van der Waals surface area (Å²) in [5, 5.41) is 14.3. The number of amides is 2. The average Bonchev–Trinajstić information content (AvgIpc) is 2.67. The number of hydrogen-bond acceptors (Lipinski definition) is 2. The minimum atomic E-state index is -0.987. The molecular weight excluding hydrogens is 232 g/mol. The smallest absolute Gasteiger partial charge is 0.326 e. The van der Waals surface area contributed by atoms with Crippen molar-refractivity contribution < 1.29 is 14.7 Å². The van der Waals surface area contributed by atoms with Crippen molar-refractivity contribution in [3.05, 3.63) is 0 Å². The lowest BCUT2D eigenvalue weighted by Gasteiger charge is -2.22. The maximum absolute atomic E-state index is 11.7. The Labute approximate surface area is 108 Å². The highest BCUT2D eigenvalue weighted by molar-refractivity contribution is 5.82. The highest BCUT2D eigenvalue weighted by Gasteiger charge is 2.32. The largest absolute Gasteiger partial charge is 0.480 e. The van der Waals surface area contributed by atoms with Gasteiger partial charge in [0.1, 0.15) is 6.04 Å². The molecule has 1 aliphatic carbocycles. The van der Waals surface area contributed by atoms with Gasteiger partial charge in [-0.25, -0.2) is 9.59 Å². The van der Waals surface area contributed by atoms with E-state index >= 15 is 0 Å². The molecule has 1 aliphatic rings. The minimum Gasteiger partial charge on any atom is -0.480 e. The summed E-state index contributed by atoms with van der Waals surface area (Å²) in [6, 6.07) is -0.997. The molecule has 0 aromatic carbocycles. The Balaban J connectivity index is 2.43. The molecule has 0 aliphatic heterocycles. The number of carbonyl (C=O) groups excluding carboxylic acids is 1. The lowest BCUT2D eigenvalue weighted by atomic mass is 9.93. The van der Waals surface area contributed by atoms with Gasteiger partial charge < -0.3 is 15.7 Å². The van der Waals surface area contributed by atoms with E-state index in [1.807, 2.05) is 0 Å². The van der Waals surface area contributed by atoms with Gasteiger partial charge in [-0.3, -0.25) is 0 Å². The third-order valence-corrected chi connectivity index (χ3v) is 4.08. The van der Waals surface area contributed by atoms with Gasteiger partial charge in [-0.1, -0.05) is 27.2 Å². The summed E-state index contributed by atoms with van der Waals surface area (Å²) in [6.45, 7) is 6.06. The number of urea groups is 1. The van der Waals surface area contributed by atoms with E-state index in [9.17, 15) is 9.59 Å². The molecule has 2 amide bonds. The molecule has 3 N–H and O–H groups in total. The van der Waals surface area contributed by atoms with Gasteiger partial charge in [0.15, 0.2) is 0 Å². The lowest BCUT2D eigenvalue weighted by molar-refractivity contribution is -0.139. The van der Waals surface area contributed by atoms with E-state index in [0.29, 0.717) is 18.3 Å². The second kappa shape index (κ2) is 6.61. The van der Waals surface area contributed by atoms with Crippen molar-refractivity contribution in [2.45, 2.75) is 58.5 Å². The average molecular weight is 256 g/mol. The maximum atomic E-state index is 11.7.